The van der Waals surface area contributed by atoms with Crippen LogP contribution in [0.4, 0.5) is 13.2 Å². The summed E-state index contributed by atoms with van der Waals surface area (Å²) < 4.78 is 43.0. The molecular weight excluding hydrogens is 437 g/mol. The maximum atomic E-state index is 13.6. The van der Waals surface area contributed by atoms with E-state index in [2.05, 4.69) is 25.1 Å². The fraction of sp³-hybridized carbons (Fsp3) is 0.381. The van der Waals surface area contributed by atoms with Crippen molar-refractivity contribution < 1.29 is 18.0 Å². The minimum atomic E-state index is -4.57. The van der Waals surface area contributed by atoms with Crippen molar-refractivity contribution in [3.63, 3.8) is 0 Å². The van der Waals surface area contributed by atoms with Gasteiger partial charge in [-0.1, -0.05) is 6.07 Å². The second-order valence-electron chi connectivity index (χ2n) is 8.42. The molecule has 0 bridgehead atoms. The molecule has 6 rings (SSSR count). The van der Waals surface area contributed by atoms with Crippen molar-refractivity contribution in [3.8, 4) is 0 Å². The molecule has 0 saturated heterocycles. The first kappa shape index (κ1) is 19.9. The molecule has 0 spiro atoms. The zero-order valence-corrected chi connectivity index (χ0v) is 17.5. The molecule has 1 aliphatic heterocycles. The Balaban J connectivity index is 1.46. The topological polar surface area (TPSA) is 97.0 Å². The normalized spacial score (nSPS) is 18.7. The first-order valence-corrected chi connectivity index (χ1v) is 10.6. The fourth-order valence-corrected chi connectivity index (χ4v) is 4.41. The summed E-state index contributed by atoms with van der Waals surface area (Å²) in [5.41, 5.74) is 1.09. The maximum absolute atomic E-state index is 13.6. The molecule has 12 heteroatoms. The molecule has 1 N–H and O–H groups in total. The number of hydrogen-bond acceptors (Lipinski definition) is 5. The molecule has 4 aromatic rings. The lowest BCUT2D eigenvalue weighted by Crippen LogP contribution is -2.42. The van der Waals surface area contributed by atoms with Crippen molar-refractivity contribution in [2.24, 2.45) is 7.05 Å². The molecule has 1 atom stereocenters. The average molecular weight is 456 g/mol. The van der Waals surface area contributed by atoms with E-state index in [1.165, 1.54) is 17.1 Å². The molecule has 1 amide bonds. The number of alkyl halides is 3. The third kappa shape index (κ3) is 3.19. The van der Waals surface area contributed by atoms with Crippen molar-refractivity contribution in [1.29, 1.82) is 0 Å². The van der Waals surface area contributed by atoms with Crippen LogP contribution >= 0.6 is 0 Å². The van der Waals surface area contributed by atoms with Crippen LogP contribution in [0.25, 0.3) is 5.52 Å². The van der Waals surface area contributed by atoms with E-state index in [1.54, 1.807) is 24.1 Å². The van der Waals surface area contributed by atoms with Gasteiger partial charge in [-0.15, -0.1) is 0 Å². The minimum Gasteiger partial charge on any atom is -0.348 e. The maximum Gasteiger partial charge on any atom is 0.433 e. The molecule has 1 saturated carbocycles. The molecule has 0 radical (unpaired) electrons. The number of carbonyl (C=O) groups is 1. The van der Waals surface area contributed by atoms with Gasteiger partial charge in [0.15, 0.2) is 5.82 Å². The zero-order valence-electron chi connectivity index (χ0n) is 17.5. The van der Waals surface area contributed by atoms with E-state index < -0.39 is 17.9 Å². The van der Waals surface area contributed by atoms with Crippen molar-refractivity contribution in [1.82, 2.24) is 39.2 Å². The first-order chi connectivity index (χ1) is 15.8. The number of carbonyl (C=O) groups excluding carboxylic acids is 1. The third-order valence-corrected chi connectivity index (χ3v) is 6.17. The van der Waals surface area contributed by atoms with E-state index in [1.807, 2.05) is 0 Å². The van der Waals surface area contributed by atoms with Gasteiger partial charge in [-0.2, -0.15) is 23.4 Å². The Morgan fingerprint density at radius 1 is 1.21 bits per heavy atom. The molecule has 2 aliphatic rings. The predicted molar refractivity (Wildman–Crippen MR) is 108 cm³/mol. The van der Waals surface area contributed by atoms with Crippen LogP contribution < -0.4 is 0 Å². The number of halogens is 3. The van der Waals surface area contributed by atoms with Gasteiger partial charge in [-0.3, -0.25) is 4.79 Å². The Kier molecular flexibility index (Phi) is 4.17. The van der Waals surface area contributed by atoms with Crippen LogP contribution in [-0.2, 0) is 19.6 Å². The molecule has 1 unspecified atom stereocenters. The SMILES string of the molecule is Cn1nc(C2CC2)nc1C(=O)N1CCc2[nH]cnc2C1c1cc2cccc(C(F)(F)F)n2n1. The number of nitrogens with zero attached hydrogens (tertiary/aromatic N) is 7. The number of aryl methyl sites for hydroxylation is 1. The zero-order chi connectivity index (χ0) is 22.9. The van der Waals surface area contributed by atoms with E-state index in [4.69, 9.17) is 0 Å². The van der Waals surface area contributed by atoms with Gasteiger partial charge in [0.25, 0.3) is 5.91 Å². The molecular formula is C21H19F3N8O. The van der Waals surface area contributed by atoms with Gasteiger partial charge >= 0.3 is 6.18 Å². The van der Waals surface area contributed by atoms with Gasteiger partial charge in [0.2, 0.25) is 5.82 Å². The highest BCUT2D eigenvalue weighted by atomic mass is 19.4. The van der Waals surface area contributed by atoms with Gasteiger partial charge in [-0.05, 0) is 31.0 Å². The molecule has 170 valence electrons. The van der Waals surface area contributed by atoms with Crippen molar-refractivity contribution in [3.05, 3.63) is 65.0 Å². The number of H-pyrrole nitrogens is 1. The van der Waals surface area contributed by atoms with Crippen LogP contribution in [-0.4, -0.2) is 51.7 Å². The summed E-state index contributed by atoms with van der Waals surface area (Å²) in [5.74, 6) is 0.772. The first-order valence-electron chi connectivity index (χ1n) is 10.6. The Hall–Kier alpha value is -3.70. The summed E-state index contributed by atoms with van der Waals surface area (Å²) in [6, 6.07) is 4.68. The van der Waals surface area contributed by atoms with Crippen molar-refractivity contribution in [2.45, 2.75) is 37.4 Å². The van der Waals surface area contributed by atoms with Crippen LogP contribution in [0, 0.1) is 0 Å². The lowest BCUT2D eigenvalue weighted by atomic mass is 9.99. The van der Waals surface area contributed by atoms with Crippen LogP contribution in [0.1, 0.15) is 64.0 Å². The summed E-state index contributed by atoms with van der Waals surface area (Å²) in [6.45, 7) is 0.338. The lowest BCUT2D eigenvalue weighted by molar-refractivity contribution is -0.142. The number of fused-ring (bicyclic) bond motifs is 2. The minimum absolute atomic E-state index is 0.195. The highest BCUT2D eigenvalue weighted by molar-refractivity contribution is 5.91. The summed E-state index contributed by atoms with van der Waals surface area (Å²) in [6.07, 6.45) is -0.505. The Bertz CT molecular complexity index is 1380. The number of aromatic amines is 1. The number of amides is 1. The fourth-order valence-electron chi connectivity index (χ4n) is 4.41. The monoisotopic (exact) mass is 456 g/mol. The third-order valence-electron chi connectivity index (χ3n) is 6.17. The van der Waals surface area contributed by atoms with E-state index in [-0.39, 0.29) is 23.2 Å². The highest BCUT2D eigenvalue weighted by Gasteiger charge is 2.40. The molecule has 4 aromatic heterocycles. The molecule has 33 heavy (non-hydrogen) atoms. The molecule has 0 aromatic carbocycles. The van der Waals surface area contributed by atoms with E-state index >= 15 is 0 Å². The largest absolute Gasteiger partial charge is 0.433 e. The van der Waals surface area contributed by atoms with E-state index in [0.29, 0.717) is 30.2 Å². The van der Waals surface area contributed by atoms with Gasteiger partial charge in [0.05, 0.1) is 23.2 Å². The number of hydrogen-bond donors (Lipinski definition) is 1. The van der Waals surface area contributed by atoms with Gasteiger partial charge < -0.3 is 9.88 Å². The molecule has 1 fully saturated rings. The summed E-state index contributed by atoms with van der Waals surface area (Å²) >= 11 is 0. The van der Waals surface area contributed by atoms with Gasteiger partial charge in [-0.25, -0.2) is 19.2 Å². The number of imidazole rings is 1. The molecule has 1 aliphatic carbocycles. The second kappa shape index (κ2) is 6.90. The summed E-state index contributed by atoms with van der Waals surface area (Å²) in [5, 5.41) is 8.67. The number of nitrogens with one attached hydrogen (secondary N) is 1. The summed E-state index contributed by atoms with van der Waals surface area (Å²) in [7, 11) is 1.67. The Morgan fingerprint density at radius 3 is 2.79 bits per heavy atom. The molecule has 9 nitrogen and oxygen atoms in total. The quantitative estimate of drug-likeness (QED) is 0.511. The Morgan fingerprint density at radius 2 is 2.03 bits per heavy atom. The number of aromatic nitrogens is 7. The predicted octanol–water partition coefficient (Wildman–Crippen LogP) is 2.87. The smallest absolute Gasteiger partial charge is 0.348 e. The Labute approximate surface area is 185 Å². The van der Waals surface area contributed by atoms with Crippen molar-refractivity contribution >= 4 is 11.4 Å². The lowest BCUT2D eigenvalue weighted by Gasteiger charge is -2.33. The number of pyridine rings is 1. The van der Waals surface area contributed by atoms with Crippen LogP contribution in [0.15, 0.2) is 30.6 Å². The average Bonchev–Trinajstić information content (AvgIpc) is 3.18. The van der Waals surface area contributed by atoms with Crippen LogP contribution in [0.3, 0.4) is 0 Å². The van der Waals surface area contributed by atoms with E-state index in [0.717, 1.165) is 29.1 Å². The highest BCUT2D eigenvalue weighted by Crippen LogP contribution is 2.39. The summed E-state index contributed by atoms with van der Waals surface area (Å²) in [4.78, 5) is 27.1. The van der Waals surface area contributed by atoms with Crippen LogP contribution in [0.2, 0.25) is 0 Å². The standard InChI is InChI=1S/C21H19F3N8O/c1-30-19(27-18(29-30)11-5-6-11)20(33)31-8-7-13-16(26-10-25-13)17(31)14-9-12-3-2-4-15(21(22,23)24)32(12)28-14/h2-4,9-11,17H,5-8H2,1H3,(H,25,26). The van der Waals surface area contributed by atoms with Crippen LogP contribution in [0.5, 0.6) is 0 Å². The molecule has 5 heterocycles. The second-order valence-corrected chi connectivity index (χ2v) is 8.42. The van der Waals surface area contributed by atoms with Crippen molar-refractivity contribution in [2.75, 3.05) is 6.54 Å². The van der Waals surface area contributed by atoms with Gasteiger partial charge in [0, 0.05) is 31.6 Å². The van der Waals surface area contributed by atoms with Gasteiger partial charge in [0.1, 0.15) is 11.7 Å². The van der Waals surface area contributed by atoms with E-state index in [9.17, 15) is 18.0 Å². The number of rotatable bonds is 3.